The molecule has 3 nitrogen and oxygen atoms in total. The molecule has 0 unspecified atom stereocenters. The number of methoxy groups -OCH3 is 1. The minimum Gasteiger partial charge on any atom is -0.496 e. The quantitative estimate of drug-likeness (QED) is 0.795. The van der Waals surface area contributed by atoms with Crippen LogP contribution in [0.3, 0.4) is 0 Å². The Kier molecular flexibility index (Phi) is 4.05. The molecule has 0 amide bonds. The molecule has 1 aromatic carbocycles. The molecule has 0 fully saturated rings. The van der Waals surface area contributed by atoms with Crippen LogP contribution in [0, 0.1) is 13.8 Å². The van der Waals surface area contributed by atoms with Gasteiger partial charge in [-0.15, -0.1) is 0 Å². The van der Waals surface area contributed by atoms with Gasteiger partial charge < -0.3 is 4.74 Å². The van der Waals surface area contributed by atoms with Crippen LogP contribution in [-0.4, -0.2) is 17.1 Å². The largest absolute Gasteiger partial charge is 0.496 e. The first-order chi connectivity index (χ1) is 9.08. The molecule has 0 saturated carbocycles. The van der Waals surface area contributed by atoms with Gasteiger partial charge in [0.1, 0.15) is 17.2 Å². The van der Waals surface area contributed by atoms with E-state index in [-0.39, 0.29) is 0 Å². The Hall–Kier alpha value is -1.61. The number of aryl methyl sites for hydroxylation is 2. The molecule has 0 aliphatic rings. The smallest absolute Gasteiger partial charge is 0.136 e. The number of nitrogens with zero attached hydrogens (tertiary/aromatic N) is 2. The van der Waals surface area contributed by atoms with Crippen LogP contribution >= 0.6 is 11.6 Å². The third kappa shape index (κ3) is 2.56. The maximum atomic E-state index is 6.17. The molecule has 0 atom stereocenters. The van der Waals surface area contributed by atoms with E-state index in [2.05, 4.69) is 23.0 Å². The zero-order valence-corrected chi connectivity index (χ0v) is 12.4. The SMILES string of the molecule is CCc1c(Cl)ncnc1-c1c(C)cc(C)cc1OC. The summed E-state index contributed by atoms with van der Waals surface area (Å²) in [6, 6.07) is 4.13. The van der Waals surface area contributed by atoms with Gasteiger partial charge in [0.05, 0.1) is 12.8 Å². The first-order valence-corrected chi connectivity index (χ1v) is 6.61. The van der Waals surface area contributed by atoms with E-state index >= 15 is 0 Å². The highest BCUT2D eigenvalue weighted by Gasteiger charge is 2.17. The Bertz CT molecular complexity index is 611. The second kappa shape index (κ2) is 5.57. The lowest BCUT2D eigenvalue weighted by atomic mass is 9.98. The van der Waals surface area contributed by atoms with E-state index in [0.29, 0.717) is 5.15 Å². The van der Waals surface area contributed by atoms with Crippen molar-refractivity contribution in [2.24, 2.45) is 0 Å². The van der Waals surface area contributed by atoms with Gasteiger partial charge in [-0.05, 0) is 37.5 Å². The predicted molar refractivity (Wildman–Crippen MR) is 77.9 cm³/mol. The highest BCUT2D eigenvalue weighted by Crippen LogP contribution is 2.36. The fraction of sp³-hybridized carbons (Fsp3) is 0.333. The van der Waals surface area contributed by atoms with E-state index in [4.69, 9.17) is 16.3 Å². The highest BCUT2D eigenvalue weighted by atomic mass is 35.5. The zero-order valence-electron chi connectivity index (χ0n) is 11.6. The third-order valence-electron chi connectivity index (χ3n) is 3.15. The number of benzene rings is 1. The second-order valence-electron chi connectivity index (χ2n) is 4.50. The van der Waals surface area contributed by atoms with Crippen LogP contribution in [0.15, 0.2) is 18.5 Å². The number of ether oxygens (including phenoxy) is 1. The maximum Gasteiger partial charge on any atom is 0.136 e. The number of rotatable bonds is 3. The van der Waals surface area contributed by atoms with Crippen LogP contribution in [-0.2, 0) is 6.42 Å². The molecular formula is C15H17ClN2O. The van der Waals surface area contributed by atoms with Crippen molar-refractivity contribution in [2.75, 3.05) is 7.11 Å². The van der Waals surface area contributed by atoms with Crippen LogP contribution in [0.5, 0.6) is 5.75 Å². The van der Waals surface area contributed by atoms with Crippen molar-refractivity contribution < 1.29 is 4.74 Å². The molecule has 0 radical (unpaired) electrons. The molecule has 4 heteroatoms. The van der Waals surface area contributed by atoms with Crippen molar-refractivity contribution in [1.82, 2.24) is 9.97 Å². The normalized spacial score (nSPS) is 10.6. The van der Waals surface area contributed by atoms with Crippen LogP contribution < -0.4 is 4.74 Å². The summed E-state index contributed by atoms with van der Waals surface area (Å²) in [5, 5.41) is 0.509. The second-order valence-corrected chi connectivity index (χ2v) is 4.86. The van der Waals surface area contributed by atoms with E-state index in [1.165, 1.54) is 6.33 Å². The Morgan fingerprint density at radius 2 is 1.95 bits per heavy atom. The predicted octanol–water partition coefficient (Wildman–Crippen LogP) is 3.98. The molecule has 0 N–H and O–H groups in total. The minimum atomic E-state index is 0.509. The van der Waals surface area contributed by atoms with Crippen molar-refractivity contribution >= 4 is 11.6 Å². The van der Waals surface area contributed by atoms with Crippen LogP contribution in [0.4, 0.5) is 0 Å². The lowest BCUT2D eigenvalue weighted by Gasteiger charge is -2.15. The minimum absolute atomic E-state index is 0.509. The van der Waals surface area contributed by atoms with Gasteiger partial charge in [-0.2, -0.15) is 0 Å². The molecule has 0 aliphatic carbocycles. The fourth-order valence-corrected chi connectivity index (χ4v) is 2.58. The van der Waals surface area contributed by atoms with Gasteiger partial charge in [0.2, 0.25) is 0 Å². The molecule has 0 bridgehead atoms. The molecule has 1 heterocycles. The Labute approximate surface area is 118 Å². The summed E-state index contributed by atoms with van der Waals surface area (Å²) in [5.74, 6) is 0.821. The third-order valence-corrected chi connectivity index (χ3v) is 3.47. The molecule has 100 valence electrons. The standard InChI is InChI=1S/C15H17ClN2O/c1-5-11-14(17-8-18-15(11)16)13-10(3)6-9(2)7-12(13)19-4/h6-8H,5H2,1-4H3. The van der Waals surface area contributed by atoms with Gasteiger partial charge in [0, 0.05) is 11.1 Å². The number of aromatic nitrogens is 2. The maximum absolute atomic E-state index is 6.17. The lowest BCUT2D eigenvalue weighted by molar-refractivity contribution is 0.415. The van der Waals surface area contributed by atoms with E-state index in [1.807, 2.05) is 19.9 Å². The molecule has 2 aromatic rings. The summed E-state index contributed by atoms with van der Waals surface area (Å²) >= 11 is 6.17. The number of halogens is 1. The first kappa shape index (κ1) is 13.8. The fourth-order valence-electron chi connectivity index (χ4n) is 2.31. The highest BCUT2D eigenvalue weighted by molar-refractivity contribution is 6.30. The zero-order chi connectivity index (χ0) is 14.0. The summed E-state index contributed by atoms with van der Waals surface area (Å²) in [6.45, 7) is 6.15. The molecule has 2 rings (SSSR count). The number of hydrogen-bond acceptors (Lipinski definition) is 3. The summed E-state index contributed by atoms with van der Waals surface area (Å²) in [6.07, 6.45) is 2.28. The number of hydrogen-bond donors (Lipinski definition) is 0. The summed E-state index contributed by atoms with van der Waals surface area (Å²) in [5.41, 5.74) is 5.10. The van der Waals surface area contributed by atoms with E-state index in [1.54, 1.807) is 7.11 Å². The van der Waals surface area contributed by atoms with Crippen molar-refractivity contribution in [3.63, 3.8) is 0 Å². The van der Waals surface area contributed by atoms with E-state index < -0.39 is 0 Å². The van der Waals surface area contributed by atoms with Gasteiger partial charge >= 0.3 is 0 Å². The molecule has 0 saturated heterocycles. The first-order valence-electron chi connectivity index (χ1n) is 6.23. The van der Waals surface area contributed by atoms with Crippen molar-refractivity contribution in [2.45, 2.75) is 27.2 Å². The lowest BCUT2D eigenvalue weighted by Crippen LogP contribution is -2.00. The van der Waals surface area contributed by atoms with Gasteiger partial charge in [-0.25, -0.2) is 9.97 Å². The van der Waals surface area contributed by atoms with Gasteiger partial charge in [-0.1, -0.05) is 24.6 Å². The Morgan fingerprint density at radius 3 is 2.58 bits per heavy atom. The van der Waals surface area contributed by atoms with Gasteiger partial charge in [-0.3, -0.25) is 0 Å². The molecule has 0 aliphatic heterocycles. The van der Waals surface area contributed by atoms with Crippen molar-refractivity contribution in [3.05, 3.63) is 40.3 Å². The summed E-state index contributed by atoms with van der Waals surface area (Å²) in [4.78, 5) is 8.46. The molecular weight excluding hydrogens is 260 g/mol. The summed E-state index contributed by atoms with van der Waals surface area (Å²) < 4.78 is 5.50. The van der Waals surface area contributed by atoms with E-state index in [9.17, 15) is 0 Å². The van der Waals surface area contributed by atoms with E-state index in [0.717, 1.165) is 40.1 Å². The van der Waals surface area contributed by atoms with Gasteiger partial charge in [0.25, 0.3) is 0 Å². The van der Waals surface area contributed by atoms with Crippen molar-refractivity contribution in [3.8, 4) is 17.0 Å². The van der Waals surface area contributed by atoms with Crippen molar-refractivity contribution in [1.29, 1.82) is 0 Å². The molecule has 0 spiro atoms. The average molecular weight is 277 g/mol. The molecule has 19 heavy (non-hydrogen) atoms. The monoisotopic (exact) mass is 276 g/mol. The van der Waals surface area contributed by atoms with Crippen LogP contribution in [0.25, 0.3) is 11.3 Å². The Morgan fingerprint density at radius 1 is 1.21 bits per heavy atom. The van der Waals surface area contributed by atoms with Gasteiger partial charge in [0.15, 0.2) is 0 Å². The Balaban J connectivity index is 2.75. The topological polar surface area (TPSA) is 35.0 Å². The molecule has 1 aromatic heterocycles. The van der Waals surface area contributed by atoms with Crippen LogP contribution in [0.1, 0.15) is 23.6 Å². The average Bonchev–Trinajstić information content (AvgIpc) is 2.37. The van der Waals surface area contributed by atoms with Crippen LogP contribution in [0.2, 0.25) is 5.15 Å². The summed E-state index contributed by atoms with van der Waals surface area (Å²) in [7, 11) is 1.67.